The Bertz CT molecular complexity index is 448. The molecule has 0 spiro atoms. The van der Waals surface area contributed by atoms with E-state index in [0.29, 0.717) is 18.8 Å². The van der Waals surface area contributed by atoms with Crippen molar-refractivity contribution in [3.05, 3.63) is 23.8 Å². The Labute approximate surface area is 105 Å². The van der Waals surface area contributed by atoms with Gasteiger partial charge in [-0.25, -0.2) is 0 Å². The number of hydrogen-bond acceptors (Lipinski definition) is 5. The summed E-state index contributed by atoms with van der Waals surface area (Å²) in [5, 5.41) is 11.6. The molecule has 0 bridgehead atoms. The maximum absolute atomic E-state index is 8.61. The van der Waals surface area contributed by atoms with Crippen LogP contribution in [0.15, 0.2) is 23.4 Å². The molecule has 1 heterocycles. The van der Waals surface area contributed by atoms with Gasteiger partial charge in [0, 0.05) is 0 Å². The molecule has 0 amide bonds. The molecule has 1 aliphatic rings. The van der Waals surface area contributed by atoms with Crippen molar-refractivity contribution >= 4 is 5.84 Å². The topological polar surface area (TPSA) is 86.3 Å². The third-order valence-electron chi connectivity index (χ3n) is 2.70. The molecule has 1 aromatic carbocycles. The van der Waals surface area contributed by atoms with Gasteiger partial charge in [0.25, 0.3) is 0 Å². The van der Waals surface area contributed by atoms with Gasteiger partial charge in [0.1, 0.15) is 6.10 Å². The second-order valence-corrected chi connectivity index (χ2v) is 3.92. The molecule has 98 valence electrons. The van der Waals surface area contributed by atoms with E-state index in [1.807, 2.05) is 25.1 Å². The van der Waals surface area contributed by atoms with Gasteiger partial charge in [-0.15, -0.1) is 0 Å². The van der Waals surface area contributed by atoms with E-state index in [9.17, 15) is 0 Å². The summed E-state index contributed by atoms with van der Waals surface area (Å²) in [6, 6.07) is 5.60. The monoisotopic (exact) mass is 252 g/mol. The van der Waals surface area contributed by atoms with Crippen LogP contribution >= 0.6 is 0 Å². The van der Waals surface area contributed by atoms with Crippen LogP contribution in [0.2, 0.25) is 0 Å². The van der Waals surface area contributed by atoms with E-state index in [0.717, 1.165) is 11.3 Å². The lowest BCUT2D eigenvalue weighted by atomic mass is 10.2. The maximum atomic E-state index is 8.61. The number of amidine groups is 1. The smallest absolute Gasteiger partial charge is 0.231 e. The fourth-order valence-corrected chi connectivity index (χ4v) is 1.70. The Morgan fingerprint density at radius 3 is 3.00 bits per heavy atom. The summed E-state index contributed by atoms with van der Waals surface area (Å²) < 4.78 is 16.1. The average Bonchev–Trinajstić information content (AvgIpc) is 2.86. The molecular formula is C12H16N2O4. The van der Waals surface area contributed by atoms with E-state index < -0.39 is 0 Å². The summed E-state index contributed by atoms with van der Waals surface area (Å²) >= 11 is 0. The first-order valence-electron chi connectivity index (χ1n) is 5.72. The molecule has 6 nitrogen and oxygen atoms in total. The van der Waals surface area contributed by atoms with Crippen LogP contribution in [0.25, 0.3) is 0 Å². The first-order valence-corrected chi connectivity index (χ1v) is 5.72. The van der Waals surface area contributed by atoms with Gasteiger partial charge in [0.05, 0.1) is 6.61 Å². The summed E-state index contributed by atoms with van der Waals surface area (Å²) in [7, 11) is 0. The van der Waals surface area contributed by atoms with E-state index in [1.165, 1.54) is 0 Å². The van der Waals surface area contributed by atoms with Crippen LogP contribution in [0, 0.1) is 0 Å². The Morgan fingerprint density at radius 2 is 2.28 bits per heavy atom. The van der Waals surface area contributed by atoms with Crippen molar-refractivity contribution in [2.75, 3.05) is 6.79 Å². The molecule has 0 fully saturated rings. The van der Waals surface area contributed by atoms with Crippen molar-refractivity contribution in [1.29, 1.82) is 0 Å². The zero-order valence-corrected chi connectivity index (χ0v) is 10.1. The Balaban J connectivity index is 1.97. The molecule has 1 unspecified atom stereocenters. The number of fused-ring (bicyclic) bond motifs is 1. The van der Waals surface area contributed by atoms with Crippen molar-refractivity contribution in [2.45, 2.75) is 26.1 Å². The highest BCUT2D eigenvalue weighted by Gasteiger charge is 2.15. The van der Waals surface area contributed by atoms with E-state index in [-0.39, 0.29) is 18.7 Å². The third-order valence-corrected chi connectivity index (χ3v) is 2.70. The fraction of sp³-hybridized carbons (Fsp3) is 0.417. The van der Waals surface area contributed by atoms with Crippen molar-refractivity contribution in [3.63, 3.8) is 0 Å². The second-order valence-electron chi connectivity index (χ2n) is 3.92. The van der Waals surface area contributed by atoms with E-state index in [2.05, 4.69) is 5.16 Å². The summed E-state index contributed by atoms with van der Waals surface area (Å²) in [6.45, 7) is 2.52. The molecule has 0 saturated heterocycles. The molecule has 1 aromatic rings. The second kappa shape index (κ2) is 5.59. The number of nitrogens with zero attached hydrogens (tertiary/aromatic N) is 1. The average molecular weight is 252 g/mol. The lowest BCUT2D eigenvalue weighted by Crippen LogP contribution is -2.30. The zero-order chi connectivity index (χ0) is 13.0. The molecule has 1 aliphatic heterocycles. The van der Waals surface area contributed by atoms with E-state index >= 15 is 0 Å². The van der Waals surface area contributed by atoms with Crippen molar-refractivity contribution in [1.82, 2.24) is 0 Å². The molecule has 1 atom stereocenters. The van der Waals surface area contributed by atoms with Crippen LogP contribution in [-0.2, 0) is 11.3 Å². The Hall–Kier alpha value is -1.95. The van der Waals surface area contributed by atoms with Gasteiger partial charge in [0.15, 0.2) is 17.3 Å². The van der Waals surface area contributed by atoms with Crippen molar-refractivity contribution in [2.24, 2.45) is 10.9 Å². The van der Waals surface area contributed by atoms with Crippen LogP contribution in [0.3, 0.4) is 0 Å². The van der Waals surface area contributed by atoms with Gasteiger partial charge in [0.2, 0.25) is 6.79 Å². The number of hydrogen-bond donors (Lipinski definition) is 2. The quantitative estimate of drug-likeness (QED) is 0.358. The third kappa shape index (κ3) is 2.65. The molecule has 2 rings (SSSR count). The fourth-order valence-electron chi connectivity index (χ4n) is 1.70. The minimum Gasteiger partial charge on any atom is -0.454 e. The lowest BCUT2D eigenvalue weighted by molar-refractivity contribution is 0.0787. The van der Waals surface area contributed by atoms with E-state index in [4.69, 9.17) is 25.2 Å². The van der Waals surface area contributed by atoms with Crippen molar-refractivity contribution < 1.29 is 19.4 Å². The van der Waals surface area contributed by atoms with Crippen LogP contribution in [0.4, 0.5) is 0 Å². The number of nitrogens with two attached hydrogens (primary N) is 1. The minimum atomic E-state index is -0.388. The predicted molar refractivity (Wildman–Crippen MR) is 64.8 cm³/mol. The Kier molecular flexibility index (Phi) is 3.88. The SMILES string of the molecule is CCC(OCc1ccc2c(c1)OCO2)C(N)=NO. The molecule has 0 aromatic heterocycles. The van der Waals surface area contributed by atoms with Crippen LogP contribution in [-0.4, -0.2) is 23.9 Å². The summed E-state index contributed by atoms with van der Waals surface area (Å²) in [4.78, 5) is 0. The van der Waals surface area contributed by atoms with Crippen LogP contribution in [0.5, 0.6) is 11.5 Å². The van der Waals surface area contributed by atoms with Gasteiger partial charge >= 0.3 is 0 Å². The molecule has 0 saturated carbocycles. The maximum Gasteiger partial charge on any atom is 0.231 e. The first-order chi connectivity index (χ1) is 8.74. The molecule has 18 heavy (non-hydrogen) atoms. The standard InChI is InChI=1S/C12H16N2O4/c1-2-9(12(13)14-15)16-6-8-3-4-10-11(5-8)18-7-17-10/h3-5,9,15H,2,6-7H2,1H3,(H2,13,14). The normalized spacial score (nSPS) is 15.7. The van der Waals surface area contributed by atoms with Gasteiger partial charge < -0.3 is 25.2 Å². The summed E-state index contributed by atoms with van der Waals surface area (Å²) in [5.74, 6) is 1.54. The number of ether oxygens (including phenoxy) is 3. The molecule has 6 heteroatoms. The van der Waals surface area contributed by atoms with Crippen LogP contribution in [0.1, 0.15) is 18.9 Å². The molecule has 0 aliphatic carbocycles. The van der Waals surface area contributed by atoms with Crippen LogP contribution < -0.4 is 15.2 Å². The predicted octanol–water partition coefficient (Wildman–Crippen LogP) is 1.46. The summed E-state index contributed by atoms with van der Waals surface area (Å²) in [5.41, 5.74) is 6.46. The minimum absolute atomic E-state index is 0.0817. The Morgan fingerprint density at radius 1 is 1.50 bits per heavy atom. The molecular weight excluding hydrogens is 236 g/mol. The van der Waals surface area contributed by atoms with Gasteiger partial charge in [-0.2, -0.15) is 0 Å². The van der Waals surface area contributed by atoms with Gasteiger partial charge in [-0.1, -0.05) is 18.1 Å². The largest absolute Gasteiger partial charge is 0.454 e. The molecule has 3 N–H and O–H groups in total. The highest BCUT2D eigenvalue weighted by molar-refractivity contribution is 5.84. The van der Waals surface area contributed by atoms with Gasteiger partial charge in [-0.3, -0.25) is 0 Å². The lowest BCUT2D eigenvalue weighted by Gasteiger charge is -2.14. The number of oxime groups is 1. The summed E-state index contributed by atoms with van der Waals surface area (Å²) in [6.07, 6.45) is 0.251. The van der Waals surface area contributed by atoms with Gasteiger partial charge in [-0.05, 0) is 24.1 Å². The first kappa shape index (κ1) is 12.5. The number of rotatable bonds is 5. The number of benzene rings is 1. The van der Waals surface area contributed by atoms with Crippen molar-refractivity contribution in [3.8, 4) is 11.5 Å². The zero-order valence-electron chi connectivity index (χ0n) is 10.1. The van der Waals surface area contributed by atoms with E-state index in [1.54, 1.807) is 0 Å². The molecule has 0 radical (unpaired) electrons. The highest BCUT2D eigenvalue weighted by Crippen LogP contribution is 2.32. The highest BCUT2D eigenvalue weighted by atomic mass is 16.7.